The second-order valence-electron chi connectivity index (χ2n) is 5.68. The summed E-state index contributed by atoms with van der Waals surface area (Å²) in [5, 5.41) is 10.7. The summed E-state index contributed by atoms with van der Waals surface area (Å²) in [4.78, 5) is 0. The van der Waals surface area contributed by atoms with E-state index in [2.05, 4.69) is 18.2 Å². The summed E-state index contributed by atoms with van der Waals surface area (Å²) in [6.07, 6.45) is 5.49. The second kappa shape index (κ2) is 5.41. The average molecular weight is 246 g/mol. The topological polar surface area (TPSA) is 29.5 Å². The zero-order valence-electron chi connectivity index (χ0n) is 10.8. The molecular formula is C16H22O2. The predicted molar refractivity (Wildman–Crippen MR) is 71.4 cm³/mol. The number of ether oxygens (including phenoxy) is 1. The van der Waals surface area contributed by atoms with E-state index in [9.17, 15) is 5.11 Å². The summed E-state index contributed by atoms with van der Waals surface area (Å²) in [5.74, 6) is 0.925. The molecule has 1 aliphatic carbocycles. The van der Waals surface area contributed by atoms with Gasteiger partial charge < -0.3 is 9.84 Å². The van der Waals surface area contributed by atoms with E-state index in [-0.39, 0.29) is 6.10 Å². The fourth-order valence-corrected chi connectivity index (χ4v) is 3.56. The van der Waals surface area contributed by atoms with E-state index in [1.54, 1.807) is 0 Å². The Morgan fingerprint density at radius 2 is 2.00 bits per heavy atom. The molecule has 2 nitrogen and oxygen atoms in total. The Kier molecular flexibility index (Phi) is 3.67. The van der Waals surface area contributed by atoms with E-state index < -0.39 is 0 Å². The van der Waals surface area contributed by atoms with Gasteiger partial charge in [0, 0.05) is 13.2 Å². The van der Waals surface area contributed by atoms with Crippen LogP contribution in [0.1, 0.15) is 42.9 Å². The van der Waals surface area contributed by atoms with E-state index in [1.807, 2.05) is 6.07 Å². The monoisotopic (exact) mass is 246 g/mol. The van der Waals surface area contributed by atoms with Gasteiger partial charge in [-0.1, -0.05) is 24.3 Å². The molecule has 1 aliphatic heterocycles. The van der Waals surface area contributed by atoms with Crippen LogP contribution in [0.5, 0.6) is 0 Å². The largest absolute Gasteiger partial charge is 0.388 e. The molecule has 1 aromatic rings. The Balaban J connectivity index is 1.84. The Bertz CT molecular complexity index is 396. The summed E-state index contributed by atoms with van der Waals surface area (Å²) in [6.45, 7) is 1.74. The molecule has 0 aromatic heterocycles. The summed E-state index contributed by atoms with van der Waals surface area (Å²) < 4.78 is 5.60. The van der Waals surface area contributed by atoms with Gasteiger partial charge in [-0.15, -0.1) is 0 Å². The zero-order chi connectivity index (χ0) is 12.4. The molecule has 1 heterocycles. The van der Waals surface area contributed by atoms with E-state index in [0.29, 0.717) is 11.8 Å². The van der Waals surface area contributed by atoms with Crippen LogP contribution >= 0.6 is 0 Å². The first-order valence-electron chi connectivity index (χ1n) is 7.20. The van der Waals surface area contributed by atoms with Crippen LogP contribution in [-0.4, -0.2) is 18.3 Å². The minimum absolute atomic E-state index is 0.296. The normalized spacial score (nSPS) is 32.6. The minimum atomic E-state index is -0.296. The van der Waals surface area contributed by atoms with E-state index >= 15 is 0 Å². The Morgan fingerprint density at radius 3 is 2.83 bits per heavy atom. The fraction of sp³-hybridized carbons (Fsp3) is 0.625. The Hall–Kier alpha value is -0.860. The summed E-state index contributed by atoms with van der Waals surface area (Å²) in [6, 6.07) is 8.39. The van der Waals surface area contributed by atoms with Crippen molar-refractivity contribution in [3.8, 4) is 0 Å². The van der Waals surface area contributed by atoms with Crippen LogP contribution in [0.25, 0.3) is 0 Å². The van der Waals surface area contributed by atoms with Crippen molar-refractivity contribution < 1.29 is 9.84 Å². The van der Waals surface area contributed by atoms with Gasteiger partial charge >= 0.3 is 0 Å². The van der Waals surface area contributed by atoms with Crippen molar-refractivity contribution in [1.82, 2.24) is 0 Å². The van der Waals surface area contributed by atoms with Crippen LogP contribution in [0, 0.1) is 11.8 Å². The van der Waals surface area contributed by atoms with Crippen LogP contribution in [-0.2, 0) is 11.2 Å². The first-order chi connectivity index (χ1) is 8.86. The van der Waals surface area contributed by atoms with Crippen molar-refractivity contribution in [2.75, 3.05) is 13.2 Å². The number of hydrogen-bond donors (Lipinski definition) is 1. The van der Waals surface area contributed by atoms with Crippen LogP contribution in [0.15, 0.2) is 24.3 Å². The molecule has 3 unspecified atom stereocenters. The number of rotatable bonds is 1. The van der Waals surface area contributed by atoms with Crippen LogP contribution in [0.3, 0.4) is 0 Å². The highest BCUT2D eigenvalue weighted by atomic mass is 16.5. The lowest BCUT2D eigenvalue weighted by Crippen LogP contribution is -2.29. The lowest BCUT2D eigenvalue weighted by Gasteiger charge is -2.32. The summed E-state index contributed by atoms with van der Waals surface area (Å²) >= 11 is 0. The standard InChI is InChI=1S/C16H22O2/c17-16-14-8-2-1-5-12(14)6-3-9-15(16)13-7-4-10-18-11-13/h1-2,5,8,13,15-17H,3-4,6-7,9-11H2. The van der Waals surface area contributed by atoms with Crippen LogP contribution in [0.4, 0.5) is 0 Å². The molecule has 98 valence electrons. The van der Waals surface area contributed by atoms with E-state index in [4.69, 9.17) is 4.74 Å². The number of fused-ring (bicyclic) bond motifs is 1. The maximum atomic E-state index is 10.7. The molecule has 0 amide bonds. The van der Waals surface area contributed by atoms with Gasteiger partial charge in [0.25, 0.3) is 0 Å². The highest BCUT2D eigenvalue weighted by molar-refractivity contribution is 5.30. The number of hydrogen-bond acceptors (Lipinski definition) is 2. The highest BCUT2D eigenvalue weighted by Crippen LogP contribution is 2.39. The Labute approximate surface area is 109 Å². The van der Waals surface area contributed by atoms with Gasteiger partial charge in [0.2, 0.25) is 0 Å². The molecule has 1 saturated heterocycles. The van der Waals surface area contributed by atoms with Gasteiger partial charge in [-0.05, 0) is 55.1 Å². The summed E-state index contributed by atoms with van der Waals surface area (Å²) in [5.41, 5.74) is 2.50. The molecular weight excluding hydrogens is 224 g/mol. The third-order valence-electron chi connectivity index (χ3n) is 4.56. The maximum Gasteiger partial charge on any atom is 0.0824 e. The molecule has 3 rings (SSSR count). The van der Waals surface area contributed by atoms with Crippen molar-refractivity contribution >= 4 is 0 Å². The molecule has 3 atom stereocenters. The van der Waals surface area contributed by atoms with Gasteiger partial charge in [-0.2, -0.15) is 0 Å². The summed E-state index contributed by atoms with van der Waals surface area (Å²) in [7, 11) is 0. The first kappa shape index (κ1) is 12.2. The number of aryl methyl sites for hydroxylation is 1. The molecule has 0 saturated carbocycles. The Morgan fingerprint density at radius 1 is 1.11 bits per heavy atom. The van der Waals surface area contributed by atoms with Gasteiger partial charge in [0.15, 0.2) is 0 Å². The third kappa shape index (κ3) is 2.32. The van der Waals surface area contributed by atoms with Gasteiger partial charge in [-0.3, -0.25) is 0 Å². The number of aliphatic hydroxyl groups is 1. The molecule has 1 N–H and O–H groups in total. The van der Waals surface area contributed by atoms with Crippen LogP contribution in [0.2, 0.25) is 0 Å². The van der Waals surface area contributed by atoms with Crippen molar-refractivity contribution in [2.45, 2.75) is 38.2 Å². The highest BCUT2D eigenvalue weighted by Gasteiger charge is 2.33. The van der Waals surface area contributed by atoms with Crippen molar-refractivity contribution in [3.05, 3.63) is 35.4 Å². The molecule has 0 bridgehead atoms. The zero-order valence-corrected chi connectivity index (χ0v) is 10.8. The average Bonchev–Trinajstić information content (AvgIpc) is 2.60. The number of aliphatic hydroxyl groups excluding tert-OH is 1. The fourth-order valence-electron chi connectivity index (χ4n) is 3.56. The van der Waals surface area contributed by atoms with Crippen LogP contribution < -0.4 is 0 Å². The first-order valence-corrected chi connectivity index (χ1v) is 7.20. The molecule has 2 aliphatic rings. The minimum Gasteiger partial charge on any atom is -0.388 e. The van der Waals surface area contributed by atoms with Crippen molar-refractivity contribution in [3.63, 3.8) is 0 Å². The lowest BCUT2D eigenvalue weighted by molar-refractivity contribution is -0.0144. The van der Waals surface area contributed by atoms with Gasteiger partial charge in [-0.25, -0.2) is 0 Å². The van der Waals surface area contributed by atoms with Crippen molar-refractivity contribution in [2.24, 2.45) is 11.8 Å². The molecule has 1 fully saturated rings. The van der Waals surface area contributed by atoms with Gasteiger partial charge in [0.05, 0.1) is 6.10 Å². The molecule has 18 heavy (non-hydrogen) atoms. The third-order valence-corrected chi connectivity index (χ3v) is 4.56. The SMILES string of the molecule is OC1c2ccccc2CCCC1C1CCCOC1. The molecule has 1 aromatic carbocycles. The lowest BCUT2D eigenvalue weighted by atomic mass is 9.80. The second-order valence-corrected chi connectivity index (χ2v) is 5.68. The smallest absolute Gasteiger partial charge is 0.0824 e. The maximum absolute atomic E-state index is 10.7. The van der Waals surface area contributed by atoms with E-state index in [0.717, 1.165) is 38.0 Å². The predicted octanol–water partition coefficient (Wildman–Crippen LogP) is 3.10. The molecule has 0 radical (unpaired) electrons. The van der Waals surface area contributed by atoms with Crippen molar-refractivity contribution in [1.29, 1.82) is 0 Å². The number of benzene rings is 1. The molecule has 2 heteroatoms. The molecule has 0 spiro atoms. The quantitative estimate of drug-likeness (QED) is 0.772. The van der Waals surface area contributed by atoms with Gasteiger partial charge in [0.1, 0.15) is 0 Å². The van der Waals surface area contributed by atoms with E-state index in [1.165, 1.54) is 18.4 Å².